The normalized spacial score (nSPS) is 12.3. The standard InChI is InChI=1S/C12H16N4OS/c1-3-14-12(11-8-15-18-16-11)9-5-10(17-4-2)7-13-6-9/h5-8,12,14H,3-4H2,1-2H3. The lowest BCUT2D eigenvalue weighted by molar-refractivity contribution is 0.338. The molecule has 0 bridgehead atoms. The van der Waals surface area contributed by atoms with Crippen LogP contribution in [-0.4, -0.2) is 26.9 Å². The SMILES string of the molecule is CCNC(c1cncc(OCC)c1)c1cnsn1. The molecule has 0 aromatic carbocycles. The van der Waals surface area contributed by atoms with Crippen LogP contribution in [0.15, 0.2) is 24.7 Å². The molecule has 0 aliphatic heterocycles. The van der Waals surface area contributed by atoms with Crippen molar-refractivity contribution >= 4 is 11.7 Å². The first-order chi connectivity index (χ1) is 8.85. The second-order valence-electron chi connectivity index (χ2n) is 3.71. The van der Waals surface area contributed by atoms with Crippen molar-refractivity contribution in [2.75, 3.05) is 13.2 Å². The summed E-state index contributed by atoms with van der Waals surface area (Å²) < 4.78 is 13.8. The van der Waals surface area contributed by atoms with E-state index in [1.165, 1.54) is 11.7 Å². The van der Waals surface area contributed by atoms with E-state index < -0.39 is 0 Å². The van der Waals surface area contributed by atoms with E-state index in [-0.39, 0.29) is 6.04 Å². The molecule has 2 heterocycles. The van der Waals surface area contributed by atoms with Crippen molar-refractivity contribution in [2.45, 2.75) is 19.9 Å². The van der Waals surface area contributed by atoms with Gasteiger partial charge >= 0.3 is 0 Å². The van der Waals surface area contributed by atoms with Crippen molar-refractivity contribution in [3.05, 3.63) is 35.9 Å². The van der Waals surface area contributed by atoms with Crippen molar-refractivity contribution in [3.8, 4) is 5.75 Å². The molecular weight excluding hydrogens is 248 g/mol. The topological polar surface area (TPSA) is 59.9 Å². The summed E-state index contributed by atoms with van der Waals surface area (Å²) >= 11 is 1.21. The maximum Gasteiger partial charge on any atom is 0.137 e. The Balaban J connectivity index is 2.27. The molecule has 0 saturated carbocycles. The van der Waals surface area contributed by atoms with Crippen LogP contribution in [0, 0.1) is 0 Å². The van der Waals surface area contributed by atoms with Crippen LogP contribution in [-0.2, 0) is 0 Å². The highest BCUT2D eigenvalue weighted by Gasteiger charge is 2.16. The third kappa shape index (κ3) is 3.02. The van der Waals surface area contributed by atoms with Gasteiger partial charge in [-0.1, -0.05) is 6.92 Å². The van der Waals surface area contributed by atoms with Gasteiger partial charge in [0, 0.05) is 6.20 Å². The Morgan fingerprint density at radius 1 is 1.33 bits per heavy atom. The summed E-state index contributed by atoms with van der Waals surface area (Å²) in [7, 11) is 0. The van der Waals surface area contributed by atoms with Crippen LogP contribution in [0.25, 0.3) is 0 Å². The van der Waals surface area contributed by atoms with Gasteiger partial charge in [0.15, 0.2) is 0 Å². The fourth-order valence-corrected chi connectivity index (χ4v) is 2.18. The minimum Gasteiger partial charge on any atom is -0.492 e. The monoisotopic (exact) mass is 264 g/mol. The van der Waals surface area contributed by atoms with Gasteiger partial charge in [-0.3, -0.25) is 4.98 Å². The molecular formula is C12H16N4OS. The molecule has 1 unspecified atom stereocenters. The van der Waals surface area contributed by atoms with Gasteiger partial charge in [-0.25, -0.2) is 0 Å². The molecule has 0 amide bonds. The Morgan fingerprint density at radius 2 is 2.22 bits per heavy atom. The first kappa shape index (κ1) is 12.9. The predicted octanol–water partition coefficient (Wildman–Crippen LogP) is 2.03. The van der Waals surface area contributed by atoms with E-state index in [1.807, 2.05) is 19.2 Å². The Labute approximate surface area is 111 Å². The Kier molecular flexibility index (Phi) is 4.60. The molecule has 0 spiro atoms. The predicted molar refractivity (Wildman–Crippen MR) is 70.8 cm³/mol. The second kappa shape index (κ2) is 6.42. The zero-order valence-electron chi connectivity index (χ0n) is 10.5. The Hall–Kier alpha value is -1.53. The number of nitrogens with one attached hydrogen (secondary N) is 1. The van der Waals surface area contributed by atoms with Gasteiger partial charge in [0.1, 0.15) is 5.75 Å². The molecule has 0 radical (unpaired) electrons. The van der Waals surface area contributed by atoms with E-state index in [0.29, 0.717) is 6.61 Å². The molecule has 2 aromatic heterocycles. The Morgan fingerprint density at radius 3 is 2.89 bits per heavy atom. The van der Waals surface area contributed by atoms with Gasteiger partial charge < -0.3 is 10.1 Å². The van der Waals surface area contributed by atoms with Crippen LogP contribution < -0.4 is 10.1 Å². The number of pyridine rings is 1. The third-order valence-corrected chi connectivity index (χ3v) is 2.95. The van der Waals surface area contributed by atoms with Crippen LogP contribution in [0.2, 0.25) is 0 Å². The van der Waals surface area contributed by atoms with E-state index >= 15 is 0 Å². The summed E-state index contributed by atoms with van der Waals surface area (Å²) in [5, 5.41) is 3.38. The largest absolute Gasteiger partial charge is 0.492 e. The Bertz CT molecular complexity index is 475. The van der Waals surface area contributed by atoms with Gasteiger partial charge in [-0.15, -0.1) is 0 Å². The molecule has 0 saturated heterocycles. The highest BCUT2D eigenvalue weighted by atomic mass is 32.1. The summed E-state index contributed by atoms with van der Waals surface area (Å²) in [4.78, 5) is 4.21. The molecule has 0 aliphatic carbocycles. The summed E-state index contributed by atoms with van der Waals surface area (Å²) in [6.07, 6.45) is 5.33. The molecule has 18 heavy (non-hydrogen) atoms. The first-order valence-electron chi connectivity index (χ1n) is 5.93. The van der Waals surface area contributed by atoms with Crippen LogP contribution in [0.5, 0.6) is 5.75 Å². The maximum atomic E-state index is 5.47. The molecule has 5 nitrogen and oxygen atoms in total. The minimum atomic E-state index is 0.0154. The van der Waals surface area contributed by atoms with Gasteiger partial charge in [0.25, 0.3) is 0 Å². The summed E-state index contributed by atoms with van der Waals surface area (Å²) in [6, 6.07) is 2.00. The van der Waals surface area contributed by atoms with E-state index in [1.54, 1.807) is 12.4 Å². The quantitative estimate of drug-likeness (QED) is 0.865. The van der Waals surface area contributed by atoms with E-state index in [0.717, 1.165) is 23.6 Å². The number of hydrogen-bond donors (Lipinski definition) is 1. The molecule has 1 N–H and O–H groups in total. The van der Waals surface area contributed by atoms with E-state index in [9.17, 15) is 0 Å². The smallest absolute Gasteiger partial charge is 0.137 e. The van der Waals surface area contributed by atoms with Crippen molar-refractivity contribution in [1.82, 2.24) is 19.0 Å². The van der Waals surface area contributed by atoms with Crippen LogP contribution >= 0.6 is 11.7 Å². The van der Waals surface area contributed by atoms with Crippen molar-refractivity contribution in [1.29, 1.82) is 0 Å². The fourth-order valence-electron chi connectivity index (χ4n) is 1.74. The summed E-state index contributed by atoms with van der Waals surface area (Å²) in [5.41, 5.74) is 1.95. The highest BCUT2D eigenvalue weighted by Crippen LogP contribution is 2.23. The van der Waals surface area contributed by atoms with Crippen molar-refractivity contribution in [3.63, 3.8) is 0 Å². The van der Waals surface area contributed by atoms with E-state index in [2.05, 4.69) is 26.0 Å². The lowest BCUT2D eigenvalue weighted by Gasteiger charge is -2.16. The van der Waals surface area contributed by atoms with Crippen LogP contribution in [0.3, 0.4) is 0 Å². The number of aromatic nitrogens is 3. The fraction of sp³-hybridized carbons (Fsp3) is 0.417. The van der Waals surface area contributed by atoms with Crippen LogP contribution in [0.4, 0.5) is 0 Å². The number of hydrogen-bond acceptors (Lipinski definition) is 6. The van der Waals surface area contributed by atoms with Crippen molar-refractivity contribution in [2.24, 2.45) is 0 Å². The zero-order valence-corrected chi connectivity index (χ0v) is 11.3. The van der Waals surface area contributed by atoms with E-state index in [4.69, 9.17) is 4.74 Å². The molecule has 0 fully saturated rings. The third-order valence-electron chi connectivity index (χ3n) is 2.46. The summed E-state index contributed by atoms with van der Waals surface area (Å²) in [6.45, 7) is 5.50. The highest BCUT2D eigenvalue weighted by molar-refractivity contribution is 6.99. The molecule has 0 aliphatic rings. The number of nitrogens with zero attached hydrogens (tertiary/aromatic N) is 3. The van der Waals surface area contributed by atoms with Gasteiger partial charge in [0.05, 0.1) is 42.5 Å². The number of ether oxygens (including phenoxy) is 1. The van der Waals surface area contributed by atoms with Crippen molar-refractivity contribution < 1.29 is 4.74 Å². The second-order valence-corrected chi connectivity index (χ2v) is 4.27. The summed E-state index contributed by atoms with van der Waals surface area (Å²) in [5.74, 6) is 0.779. The molecule has 2 rings (SSSR count). The minimum absolute atomic E-state index is 0.0154. The zero-order chi connectivity index (χ0) is 12.8. The van der Waals surface area contributed by atoms with Gasteiger partial charge in [-0.2, -0.15) is 8.75 Å². The molecule has 6 heteroatoms. The average molecular weight is 264 g/mol. The molecule has 96 valence electrons. The van der Waals surface area contributed by atoms with Crippen LogP contribution in [0.1, 0.15) is 31.1 Å². The molecule has 1 atom stereocenters. The lowest BCUT2D eigenvalue weighted by Crippen LogP contribution is -2.22. The van der Waals surface area contributed by atoms with Gasteiger partial charge in [0.2, 0.25) is 0 Å². The maximum absolute atomic E-state index is 5.47. The molecule has 2 aromatic rings. The van der Waals surface area contributed by atoms with Gasteiger partial charge in [-0.05, 0) is 25.1 Å². The average Bonchev–Trinajstić information content (AvgIpc) is 2.90. The lowest BCUT2D eigenvalue weighted by atomic mass is 10.1. The number of rotatable bonds is 6. The first-order valence-corrected chi connectivity index (χ1v) is 6.66.